The maximum Gasteiger partial charge on any atom is 0.402 e. The first-order valence-corrected chi connectivity index (χ1v) is 23.4. The second kappa shape index (κ2) is 18.1. The zero-order valence-electron chi connectivity index (χ0n) is 40.4. The largest absolute Gasteiger partial charge is 0.508 e. The molecule has 2 aliphatic rings. The Morgan fingerprint density at radius 1 is 0.419 bits per heavy atom. The number of benzene rings is 8. The van der Waals surface area contributed by atoms with Crippen molar-refractivity contribution >= 4 is 35.0 Å². The number of hydrogen-bond donors (Lipinski definition) is 2. The van der Waals surface area contributed by atoms with Gasteiger partial charge in [0.15, 0.2) is 0 Å². The van der Waals surface area contributed by atoms with Gasteiger partial charge in [0.05, 0.1) is 33.6 Å². The van der Waals surface area contributed by atoms with Crippen LogP contribution in [0.2, 0.25) is 0 Å². The Kier molecular flexibility index (Phi) is 11.9. The molecule has 4 amide bonds. The van der Waals surface area contributed by atoms with E-state index in [1.807, 2.05) is 75.4 Å². The van der Waals surface area contributed by atoms with Gasteiger partial charge in [0, 0.05) is 5.41 Å². The number of amides is 4. The number of aromatic hydroxyl groups is 2. The Bertz CT molecular complexity index is 3610. The second-order valence-corrected chi connectivity index (χ2v) is 18.9. The summed E-state index contributed by atoms with van der Waals surface area (Å²) in [6, 6.07) is 44.7. The van der Waals surface area contributed by atoms with Crippen LogP contribution in [0.5, 0.6) is 46.0 Å². The van der Waals surface area contributed by atoms with Crippen molar-refractivity contribution in [1.29, 1.82) is 0 Å². The van der Waals surface area contributed by atoms with Crippen molar-refractivity contribution in [3.8, 4) is 46.0 Å². The van der Waals surface area contributed by atoms with Crippen LogP contribution in [0.4, 0.5) is 24.5 Å². The maximum absolute atomic E-state index is 15.0. The molecule has 0 aromatic heterocycles. The fourth-order valence-corrected chi connectivity index (χ4v) is 9.24. The Labute approximate surface area is 423 Å². The van der Waals surface area contributed by atoms with Crippen molar-refractivity contribution in [1.82, 2.24) is 0 Å². The summed E-state index contributed by atoms with van der Waals surface area (Å²) in [6.07, 6.45) is -4.87. The summed E-state index contributed by atoms with van der Waals surface area (Å²) in [6.45, 7) is 8.44. The molecule has 2 heterocycles. The molecule has 10 rings (SSSR count). The van der Waals surface area contributed by atoms with Crippen molar-refractivity contribution in [2.75, 3.05) is 9.80 Å². The van der Waals surface area contributed by atoms with Gasteiger partial charge in [0.25, 0.3) is 23.6 Å². The van der Waals surface area contributed by atoms with Crippen LogP contribution in [0, 0.1) is 13.8 Å². The van der Waals surface area contributed by atoms with Gasteiger partial charge in [-0.25, -0.2) is 9.80 Å². The molecule has 0 aliphatic carbocycles. The zero-order chi connectivity index (χ0) is 52.4. The molecule has 8 aromatic rings. The Morgan fingerprint density at radius 3 is 1.38 bits per heavy atom. The third-order valence-electron chi connectivity index (χ3n) is 13.8. The number of alkyl halides is 3. The van der Waals surface area contributed by atoms with Gasteiger partial charge in [0.1, 0.15) is 51.4 Å². The number of hydrogen-bond acceptors (Lipinski definition) is 9. The molecular formula is C60H45F3N2O9. The molecule has 0 saturated heterocycles. The molecule has 74 heavy (non-hydrogen) atoms. The minimum Gasteiger partial charge on any atom is -0.508 e. The first-order chi connectivity index (χ1) is 35.2. The van der Waals surface area contributed by atoms with Crippen LogP contribution in [0.3, 0.4) is 0 Å². The highest BCUT2D eigenvalue weighted by molar-refractivity contribution is 6.35. The average molecular weight is 995 g/mol. The summed E-state index contributed by atoms with van der Waals surface area (Å²) < 4.78 is 63.5. The Hall–Kier alpha value is -9.17. The lowest BCUT2D eigenvalue weighted by molar-refractivity contribution is -0.173. The van der Waals surface area contributed by atoms with Crippen molar-refractivity contribution in [2.45, 2.75) is 51.6 Å². The number of nitrogens with zero attached hydrogens (tertiary/aromatic N) is 2. The summed E-state index contributed by atoms with van der Waals surface area (Å²) >= 11 is 0. The lowest BCUT2D eigenvalue weighted by Crippen LogP contribution is -2.41. The van der Waals surface area contributed by atoms with Crippen LogP contribution in [0.25, 0.3) is 0 Å². The van der Waals surface area contributed by atoms with E-state index in [1.54, 1.807) is 60.7 Å². The number of imide groups is 2. The monoisotopic (exact) mass is 994 g/mol. The summed E-state index contributed by atoms with van der Waals surface area (Å²) in [4.78, 5) is 56.8. The molecule has 0 fully saturated rings. The summed E-state index contributed by atoms with van der Waals surface area (Å²) in [5.74, 6) is -0.786. The van der Waals surface area contributed by atoms with Crippen LogP contribution in [0.1, 0.15) is 95.6 Å². The molecule has 1 unspecified atom stereocenters. The normalized spacial score (nSPS) is 14.2. The smallest absolute Gasteiger partial charge is 0.402 e. The second-order valence-electron chi connectivity index (χ2n) is 18.9. The van der Waals surface area contributed by atoms with Crippen molar-refractivity contribution in [3.63, 3.8) is 0 Å². The third kappa shape index (κ3) is 8.53. The number of phenols is 2. The number of anilines is 2. The van der Waals surface area contributed by atoms with Gasteiger partial charge in [-0.2, -0.15) is 13.2 Å². The zero-order valence-corrected chi connectivity index (χ0v) is 40.4. The van der Waals surface area contributed by atoms with Crippen LogP contribution >= 0.6 is 0 Å². The number of ether oxygens (including phenoxy) is 3. The molecular weight excluding hydrogens is 950 g/mol. The predicted molar refractivity (Wildman–Crippen MR) is 271 cm³/mol. The molecule has 0 saturated carbocycles. The summed E-state index contributed by atoms with van der Waals surface area (Å²) in [5, 5.41) is 21.0. The molecule has 370 valence electrons. The molecule has 1 atom stereocenters. The van der Waals surface area contributed by atoms with E-state index >= 15 is 13.2 Å². The van der Waals surface area contributed by atoms with Gasteiger partial charge in [-0.05, 0) is 164 Å². The van der Waals surface area contributed by atoms with Gasteiger partial charge >= 0.3 is 6.18 Å². The lowest BCUT2D eigenvalue weighted by Gasteiger charge is -2.34. The van der Waals surface area contributed by atoms with E-state index in [1.165, 1.54) is 37.3 Å². The molecule has 11 nitrogen and oxygen atoms in total. The number of carbonyl (C=O) groups excluding carboxylic acids is 4. The van der Waals surface area contributed by atoms with E-state index in [9.17, 15) is 29.4 Å². The Morgan fingerprint density at radius 2 is 0.851 bits per heavy atom. The topological polar surface area (TPSA) is 143 Å². The summed E-state index contributed by atoms with van der Waals surface area (Å²) in [7, 11) is 0. The van der Waals surface area contributed by atoms with Gasteiger partial charge < -0.3 is 24.4 Å². The molecule has 8 aromatic carbocycles. The SMILES string of the molecule is Cc1ccc(Oc2ccc(N3C(=O)c4ccc(Oc5cccc(C(C)(C)c6cccc(Oc7ccc8c(c7)C(=O)N(c7cc(C(C)(c9ccc(O)c(C)c9)C(F)(F)F)ccc7O)C8=O)c6)c5)cc4C3=O)cc2)cc1. The van der Waals surface area contributed by atoms with Gasteiger partial charge in [0.2, 0.25) is 0 Å². The molecule has 2 N–H and O–H groups in total. The Balaban J connectivity index is 0.839. The predicted octanol–water partition coefficient (Wildman–Crippen LogP) is 13.9. The first-order valence-electron chi connectivity index (χ1n) is 23.4. The quantitative estimate of drug-likeness (QED) is 0.114. The fourth-order valence-electron chi connectivity index (χ4n) is 9.24. The van der Waals surface area contributed by atoms with Crippen molar-refractivity contribution < 1.29 is 56.8 Å². The van der Waals surface area contributed by atoms with Gasteiger partial charge in [-0.3, -0.25) is 19.2 Å². The van der Waals surface area contributed by atoms with Gasteiger partial charge in [-0.15, -0.1) is 0 Å². The highest BCUT2D eigenvalue weighted by Crippen LogP contribution is 2.49. The number of fused-ring (bicyclic) bond motifs is 2. The highest BCUT2D eigenvalue weighted by Gasteiger charge is 2.54. The van der Waals surface area contributed by atoms with Gasteiger partial charge in [-0.1, -0.05) is 74.0 Å². The van der Waals surface area contributed by atoms with E-state index in [2.05, 4.69) is 0 Å². The van der Waals surface area contributed by atoms with E-state index in [0.717, 1.165) is 52.8 Å². The molecule has 14 heteroatoms. The lowest BCUT2D eigenvalue weighted by atomic mass is 9.75. The number of halogens is 3. The minimum atomic E-state index is -4.87. The standard InChI is InChI=1S/C60H45F3N2O9/c1-34-12-18-41(19-13-34)72-42-20-16-40(17-21-42)64-54(68)47-24-22-45(32-49(47)56(64)70)73-43-10-6-8-36(29-43)58(3,4)37-9-7-11-44(30-37)74-46-23-25-48-50(33-46)57(71)65(55(48)69)51-31-39(15-27-53(51)67)59(5,60(61,62)63)38-14-26-52(66)35(2)28-38/h6-33,66-67H,1-5H3. The van der Waals surface area contributed by atoms with Crippen molar-refractivity contribution in [2.24, 2.45) is 0 Å². The highest BCUT2D eigenvalue weighted by atomic mass is 19.4. The minimum absolute atomic E-state index is 0.0367. The number of rotatable bonds is 12. The van der Waals surface area contributed by atoms with Crippen LogP contribution in [-0.4, -0.2) is 40.0 Å². The molecule has 2 aliphatic heterocycles. The van der Waals surface area contributed by atoms with Crippen LogP contribution < -0.4 is 24.0 Å². The van der Waals surface area contributed by atoms with Crippen molar-refractivity contribution in [3.05, 3.63) is 225 Å². The van der Waals surface area contributed by atoms with Crippen LogP contribution in [-0.2, 0) is 10.8 Å². The number of phenolic OH excluding ortho intramolecular Hbond substituents is 2. The van der Waals surface area contributed by atoms with Crippen LogP contribution in [0.15, 0.2) is 170 Å². The molecule has 0 spiro atoms. The molecule has 0 radical (unpaired) electrons. The average Bonchev–Trinajstić information content (AvgIpc) is 3.78. The third-order valence-corrected chi connectivity index (χ3v) is 13.8. The fraction of sp³-hybridized carbons (Fsp3) is 0.133. The van der Waals surface area contributed by atoms with E-state index in [-0.39, 0.29) is 50.4 Å². The maximum atomic E-state index is 15.0. The van der Waals surface area contributed by atoms with E-state index < -0.39 is 52.1 Å². The van der Waals surface area contributed by atoms with E-state index in [4.69, 9.17) is 14.2 Å². The number of carbonyl (C=O) groups is 4. The molecule has 0 bridgehead atoms. The first kappa shape index (κ1) is 48.5. The number of aryl methyl sites for hydroxylation is 2. The van der Waals surface area contributed by atoms with E-state index in [0.29, 0.717) is 39.3 Å². The summed E-state index contributed by atoms with van der Waals surface area (Å²) in [5.41, 5.74) is -0.518.